The first-order chi connectivity index (χ1) is 7.36. The normalized spacial score (nSPS) is 16.2. The van der Waals surface area contributed by atoms with Gasteiger partial charge >= 0.3 is 0 Å². The van der Waals surface area contributed by atoms with E-state index in [0.29, 0.717) is 0 Å². The third-order valence-electron chi connectivity index (χ3n) is 2.53. The zero-order valence-electron chi connectivity index (χ0n) is 9.03. The molecule has 0 unspecified atom stereocenters. The quantitative estimate of drug-likeness (QED) is 0.779. The van der Waals surface area contributed by atoms with Gasteiger partial charge in [0, 0.05) is 13.1 Å². The van der Waals surface area contributed by atoms with Crippen LogP contribution in [0, 0.1) is 6.92 Å². The van der Waals surface area contributed by atoms with Crippen LogP contribution in [0.5, 0.6) is 0 Å². The van der Waals surface area contributed by atoms with Crippen LogP contribution in [-0.4, -0.2) is 18.9 Å². The number of nitrogens with one attached hydrogen (secondary N) is 1. The van der Waals surface area contributed by atoms with Crippen molar-refractivity contribution < 1.29 is 0 Å². The first kappa shape index (κ1) is 9.97. The van der Waals surface area contributed by atoms with Crippen molar-refractivity contribution in [1.82, 2.24) is 5.32 Å². The molecule has 1 heterocycles. The molecule has 0 radical (unpaired) electrons. The molecule has 0 atom stereocenters. The van der Waals surface area contributed by atoms with Crippen molar-refractivity contribution in [2.24, 2.45) is 4.99 Å². The van der Waals surface area contributed by atoms with Crippen LogP contribution < -0.4 is 5.32 Å². The number of nitrogens with zero attached hydrogens (tertiary/aromatic N) is 1. The van der Waals surface area contributed by atoms with Crippen LogP contribution in [0.3, 0.4) is 0 Å². The second-order valence-electron chi connectivity index (χ2n) is 3.74. The van der Waals surface area contributed by atoms with Crippen LogP contribution >= 0.6 is 0 Å². The first-order valence-corrected chi connectivity index (χ1v) is 5.38. The molecule has 0 fully saturated rings. The highest BCUT2D eigenvalue weighted by molar-refractivity contribution is 5.96. The van der Waals surface area contributed by atoms with Crippen LogP contribution in [0.4, 0.5) is 0 Å². The van der Waals surface area contributed by atoms with Crippen LogP contribution in [0.2, 0.25) is 0 Å². The van der Waals surface area contributed by atoms with E-state index < -0.39 is 0 Å². The Morgan fingerprint density at radius 3 is 2.87 bits per heavy atom. The van der Waals surface area contributed by atoms with Gasteiger partial charge in [-0.3, -0.25) is 4.99 Å². The molecule has 2 rings (SSSR count). The monoisotopic (exact) mass is 200 g/mol. The molecule has 15 heavy (non-hydrogen) atoms. The van der Waals surface area contributed by atoms with E-state index in [1.54, 1.807) is 0 Å². The summed E-state index contributed by atoms with van der Waals surface area (Å²) in [6.07, 6.45) is 5.32. The third kappa shape index (κ3) is 2.69. The summed E-state index contributed by atoms with van der Waals surface area (Å²) in [4.78, 5) is 4.39. The van der Waals surface area contributed by atoms with Crippen molar-refractivity contribution in [2.75, 3.05) is 13.1 Å². The molecule has 0 aliphatic carbocycles. The Hall–Kier alpha value is -1.57. The minimum atomic E-state index is 0.945. The Kier molecular flexibility index (Phi) is 3.18. The summed E-state index contributed by atoms with van der Waals surface area (Å²) >= 11 is 0. The Bertz CT molecular complexity index is 391. The van der Waals surface area contributed by atoms with Gasteiger partial charge in [0.05, 0.1) is 0 Å². The average Bonchev–Trinajstić information content (AvgIpc) is 2.29. The van der Waals surface area contributed by atoms with E-state index in [-0.39, 0.29) is 0 Å². The van der Waals surface area contributed by atoms with Gasteiger partial charge in [-0.2, -0.15) is 0 Å². The van der Waals surface area contributed by atoms with E-state index in [0.717, 1.165) is 25.3 Å². The van der Waals surface area contributed by atoms with Crippen molar-refractivity contribution in [2.45, 2.75) is 13.3 Å². The van der Waals surface area contributed by atoms with E-state index in [9.17, 15) is 0 Å². The topological polar surface area (TPSA) is 24.4 Å². The molecule has 2 heteroatoms. The molecule has 0 amide bonds. The van der Waals surface area contributed by atoms with E-state index in [4.69, 9.17) is 0 Å². The number of rotatable bonds is 2. The number of benzene rings is 1. The van der Waals surface area contributed by atoms with Gasteiger partial charge in [0.1, 0.15) is 5.84 Å². The maximum Gasteiger partial charge on any atom is 0.120 e. The predicted octanol–water partition coefficient (Wildman–Crippen LogP) is 2.40. The zero-order valence-corrected chi connectivity index (χ0v) is 9.03. The van der Waals surface area contributed by atoms with Gasteiger partial charge in [0.2, 0.25) is 0 Å². The number of aliphatic imine (C=N–C) groups is 1. The lowest BCUT2D eigenvalue weighted by molar-refractivity contribution is 0.745. The zero-order chi connectivity index (χ0) is 10.5. The molecule has 1 aliphatic heterocycles. The second kappa shape index (κ2) is 4.78. The molecule has 0 saturated heterocycles. The molecule has 2 nitrogen and oxygen atoms in total. The number of hydrogen-bond acceptors (Lipinski definition) is 2. The highest BCUT2D eigenvalue weighted by atomic mass is 15.0. The van der Waals surface area contributed by atoms with Gasteiger partial charge in [-0.1, -0.05) is 30.3 Å². The summed E-state index contributed by atoms with van der Waals surface area (Å²) in [7, 11) is 0. The lowest BCUT2D eigenvalue weighted by Crippen LogP contribution is -2.27. The van der Waals surface area contributed by atoms with Crippen LogP contribution in [0.1, 0.15) is 17.5 Å². The minimum Gasteiger partial charge on any atom is -0.370 e. The summed E-state index contributed by atoms with van der Waals surface area (Å²) in [5, 5.41) is 3.27. The smallest absolute Gasteiger partial charge is 0.120 e. The standard InChI is InChI=1S/C13H16N2/c1-11-5-2-3-6-12(11)7-8-13-14-9-4-10-15-13/h2-3,5-8H,4,9-10H2,1H3,(H,14,15). The molecule has 0 aromatic heterocycles. The Balaban J connectivity index is 2.11. The summed E-state index contributed by atoms with van der Waals surface area (Å²) in [5.41, 5.74) is 2.55. The van der Waals surface area contributed by atoms with Gasteiger partial charge in [-0.05, 0) is 30.5 Å². The molecule has 0 bridgehead atoms. The molecular formula is C13H16N2. The SMILES string of the molecule is Cc1ccccc1C=CC1=NCCCN1. The van der Waals surface area contributed by atoms with Gasteiger partial charge in [0.15, 0.2) is 0 Å². The fraction of sp³-hybridized carbons (Fsp3) is 0.308. The van der Waals surface area contributed by atoms with Crippen molar-refractivity contribution >= 4 is 11.9 Å². The summed E-state index contributed by atoms with van der Waals surface area (Å²) in [6, 6.07) is 8.36. The molecule has 1 aliphatic rings. The molecular weight excluding hydrogens is 184 g/mol. The molecule has 1 N–H and O–H groups in total. The van der Waals surface area contributed by atoms with Crippen molar-refractivity contribution in [1.29, 1.82) is 0 Å². The van der Waals surface area contributed by atoms with Gasteiger partial charge in [0.25, 0.3) is 0 Å². The highest BCUT2D eigenvalue weighted by Crippen LogP contribution is 2.08. The number of amidine groups is 1. The Labute approximate surface area is 90.7 Å². The Morgan fingerprint density at radius 2 is 2.13 bits per heavy atom. The minimum absolute atomic E-state index is 0.945. The van der Waals surface area contributed by atoms with E-state index >= 15 is 0 Å². The lowest BCUT2D eigenvalue weighted by Gasteiger charge is -2.10. The fourth-order valence-corrected chi connectivity index (χ4v) is 1.61. The number of aryl methyl sites for hydroxylation is 1. The van der Waals surface area contributed by atoms with Gasteiger partial charge < -0.3 is 5.32 Å². The maximum absolute atomic E-state index is 4.39. The van der Waals surface area contributed by atoms with E-state index in [2.05, 4.69) is 53.7 Å². The second-order valence-corrected chi connectivity index (χ2v) is 3.74. The van der Waals surface area contributed by atoms with Crippen LogP contribution in [-0.2, 0) is 0 Å². The molecule has 1 aromatic rings. The molecule has 0 saturated carbocycles. The number of hydrogen-bond donors (Lipinski definition) is 1. The van der Waals surface area contributed by atoms with E-state index in [1.807, 2.05) is 0 Å². The first-order valence-electron chi connectivity index (χ1n) is 5.38. The van der Waals surface area contributed by atoms with Crippen molar-refractivity contribution in [3.63, 3.8) is 0 Å². The lowest BCUT2D eigenvalue weighted by atomic mass is 10.1. The summed E-state index contributed by atoms with van der Waals surface area (Å²) in [5.74, 6) is 1.00. The summed E-state index contributed by atoms with van der Waals surface area (Å²) in [6.45, 7) is 4.10. The highest BCUT2D eigenvalue weighted by Gasteiger charge is 1.99. The third-order valence-corrected chi connectivity index (χ3v) is 2.53. The van der Waals surface area contributed by atoms with E-state index in [1.165, 1.54) is 11.1 Å². The molecule has 1 aromatic carbocycles. The van der Waals surface area contributed by atoms with Gasteiger partial charge in [-0.15, -0.1) is 0 Å². The fourth-order valence-electron chi connectivity index (χ4n) is 1.61. The predicted molar refractivity (Wildman–Crippen MR) is 65.1 cm³/mol. The van der Waals surface area contributed by atoms with Crippen molar-refractivity contribution in [3.8, 4) is 0 Å². The largest absolute Gasteiger partial charge is 0.370 e. The maximum atomic E-state index is 4.39. The molecule has 0 spiro atoms. The summed E-state index contributed by atoms with van der Waals surface area (Å²) < 4.78 is 0. The Morgan fingerprint density at radius 1 is 1.27 bits per heavy atom. The van der Waals surface area contributed by atoms with Crippen LogP contribution in [0.25, 0.3) is 6.08 Å². The van der Waals surface area contributed by atoms with Crippen molar-refractivity contribution in [3.05, 3.63) is 41.5 Å². The van der Waals surface area contributed by atoms with Gasteiger partial charge in [-0.25, -0.2) is 0 Å². The molecule has 78 valence electrons. The average molecular weight is 200 g/mol. The van der Waals surface area contributed by atoms with Crippen LogP contribution in [0.15, 0.2) is 35.3 Å².